The topological polar surface area (TPSA) is 70.6 Å². The van der Waals surface area contributed by atoms with E-state index >= 15 is 0 Å². The van der Waals surface area contributed by atoms with Gasteiger partial charge < -0.3 is 19.9 Å². The molecule has 2 aliphatic rings. The number of aromatic nitrogens is 2. The fraction of sp³-hybridized carbons (Fsp3) is 0.667. The van der Waals surface area contributed by atoms with Gasteiger partial charge in [-0.25, -0.2) is 9.97 Å². The van der Waals surface area contributed by atoms with Crippen molar-refractivity contribution in [3.8, 4) is 0 Å². The zero-order valence-electron chi connectivity index (χ0n) is 12.8. The van der Waals surface area contributed by atoms with Crippen molar-refractivity contribution >= 4 is 17.5 Å². The van der Waals surface area contributed by atoms with Gasteiger partial charge in [0.2, 0.25) is 5.91 Å². The summed E-state index contributed by atoms with van der Waals surface area (Å²) in [4.78, 5) is 24.3. The predicted molar refractivity (Wildman–Crippen MR) is 84.0 cm³/mol. The molecule has 0 saturated carbocycles. The molecule has 0 radical (unpaired) electrons. The van der Waals surface area contributed by atoms with Gasteiger partial charge in [0.05, 0.1) is 13.2 Å². The lowest BCUT2D eigenvalue weighted by Gasteiger charge is -2.27. The Labute approximate surface area is 130 Å². The molecule has 0 aromatic carbocycles. The van der Waals surface area contributed by atoms with E-state index in [1.54, 1.807) is 6.33 Å². The molecule has 2 aliphatic heterocycles. The second kappa shape index (κ2) is 7.40. The largest absolute Gasteiger partial charge is 0.378 e. The number of hydrogen-bond donors (Lipinski definition) is 1. The van der Waals surface area contributed by atoms with E-state index in [0.29, 0.717) is 6.42 Å². The summed E-state index contributed by atoms with van der Waals surface area (Å²) < 4.78 is 5.36. The Kier molecular flexibility index (Phi) is 5.05. The highest BCUT2D eigenvalue weighted by molar-refractivity contribution is 5.78. The van der Waals surface area contributed by atoms with Crippen molar-refractivity contribution in [2.45, 2.75) is 19.3 Å². The van der Waals surface area contributed by atoms with Gasteiger partial charge in [0, 0.05) is 45.2 Å². The molecule has 0 unspecified atom stereocenters. The number of carbonyl (C=O) groups excluding carboxylic acids is 1. The first-order valence-electron chi connectivity index (χ1n) is 7.99. The fourth-order valence-corrected chi connectivity index (χ4v) is 2.84. The number of hydrogen-bond acceptors (Lipinski definition) is 6. The predicted octanol–water partition coefficient (Wildman–Crippen LogP) is 0.738. The van der Waals surface area contributed by atoms with E-state index in [9.17, 15) is 4.79 Å². The lowest BCUT2D eigenvalue weighted by Crippen LogP contribution is -2.36. The molecule has 3 rings (SSSR count). The number of nitrogens with one attached hydrogen (secondary N) is 1. The highest BCUT2D eigenvalue weighted by atomic mass is 16.5. The number of amides is 1. The van der Waals surface area contributed by atoms with Gasteiger partial charge in [0.15, 0.2) is 0 Å². The third-order valence-electron chi connectivity index (χ3n) is 4.07. The fourth-order valence-electron chi connectivity index (χ4n) is 2.84. The van der Waals surface area contributed by atoms with E-state index in [2.05, 4.69) is 20.2 Å². The molecule has 1 N–H and O–H groups in total. The van der Waals surface area contributed by atoms with Crippen molar-refractivity contribution in [2.24, 2.45) is 0 Å². The van der Waals surface area contributed by atoms with Crippen molar-refractivity contribution < 1.29 is 9.53 Å². The number of morpholine rings is 1. The first-order chi connectivity index (χ1) is 10.8. The van der Waals surface area contributed by atoms with Crippen LogP contribution in [0.15, 0.2) is 12.4 Å². The van der Waals surface area contributed by atoms with Crippen molar-refractivity contribution in [3.63, 3.8) is 0 Å². The molecule has 7 heteroatoms. The maximum Gasteiger partial charge on any atom is 0.222 e. The number of ether oxygens (including phenoxy) is 1. The summed E-state index contributed by atoms with van der Waals surface area (Å²) in [5.41, 5.74) is 0. The van der Waals surface area contributed by atoms with Crippen molar-refractivity contribution in [1.29, 1.82) is 0 Å². The maximum absolute atomic E-state index is 11.5. The first kappa shape index (κ1) is 15.0. The molecule has 1 aromatic heterocycles. The highest BCUT2D eigenvalue weighted by Crippen LogP contribution is 2.15. The van der Waals surface area contributed by atoms with E-state index in [0.717, 1.165) is 70.4 Å². The van der Waals surface area contributed by atoms with E-state index in [1.165, 1.54) is 0 Å². The van der Waals surface area contributed by atoms with E-state index in [-0.39, 0.29) is 5.91 Å². The Morgan fingerprint density at radius 3 is 2.86 bits per heavy atom. The molecule has 0 atom stereocenters. The van der Waals surface area contributed by atoms with Crippen LogP contribution in [0, 0.1) is 0 Å². The monoisotopic (exact) mass is 305 g/mol. The van der Waals surface area contributed by atoms with Crippen LogP contribution in [0.2, 0.25) is 0 Å². The molecule has 1 aromatic rings. The smallest absolute Gasteiger partial charge is 0.222 e. The van der Waals surface area contributed by atoms with Crippen LogP contribution in [-0.2, 0) is 9.53 Å². The number of likely N-dealkylation sites (tertiary alicyclic amines) is 1. The zero-order valence-corrected chi connectivity index (χ0v) is 12.8. The van der Waals surface area contributed by atoms with Crippen LogP contribution in [-0.4, -0.2) is 66.7 Å². The van der Waals surface area contributed by atoms with Crippen molar-refractivity contribution in [1.82, 2.24) is 14.9 Å². The molecule has 2 saturated heterocycles. The Hall–Kier alpha value is -1.89. The Morgan fingerprint density at radius 2 is 2.09 bits per heavy atom. The summed E-state index contributed by atoms with van der Waals surface area (Å²) in [5, 5.41) is 3.32. The van der Waals surface area contributed by atoms with Gasteiger partial charge in [0.1, 0.15) is 18.0 Å². The standard InChI is InChI=1S/C15H23N5O2/c21-15-3-1-5-20(15)6-2-4-16-13-11-14(18-12-17-13)19-7-9-22-10-8-19/h11-12H,1-10H2,(H,16,17,18). The lowest BCUT2D eigenvalue weighted by molar-refractivity contribution is -0.127. The molecule has 0 bridgehead atoms. The van der Waals surface area contributed by atoms with Crippen LogP contribution in [0.1, 0.15) is 19.3 Å². The number of carbonyl (C=O) groups is 1. The molecule has 1 amide bonds. The molecule has 2 fully saturated rings. The highest BCUT2D eigenvalue weighted by Gasteiger charge is 2.19. The van der Waals surface area contributed by atoms with Crippen molar-refractivity contribution in [2.75, 3.05) is 56.2 Å². The van der Waals surface area contributed by atoms with Gasteiger partial charge in [0.25, 0.3) is 0 Å². The van der Waals surface area contributed by atoms with E-state index in [4.69, 9.17) is 4.74 Å². The van der Waals surface area contributed by atoms with Crippen LogP contribution in [0.4, 0.5) is 11.6 Å². The molecule has 0 spiro atoms. The summed E-state index contributed by atoms with van der Waals surface area (Å²) in [6.45, 7) is 5.78. The molecule has 22 heavy (non-hydrogen) atoms. The Balaban J connectivity index is 1.45. The average molecular weight is 305 g/mol. The minimum absolute atomic E-state index is 0.289. The van der Waals surface area contributed by atoms with E-state index < -0.39 is 0 Å². The molecule has 3 heterocycles. The summed E-state index contributed by atoms with van der Waals surface area (Å²) in [6.07, 6.45) is 4.24. The maximum atomic E-state index is 11.5. The van der Waals surface area contributed by atoms with Gasteiger partial charge in [-0.15, -0.1) is 0 Å². The Morgan fingerprint density at radius 1 is 1.23 bits per heavy atom. The van der Waals surface area contributed by atoms with Crippen LogP contribution in [0.3, 0.4) is 0 Å². The molecule has 120 valence electrons. The first-order valence-corrected chi connectivity index (χ1v) is 7.99. The lowest BCUT2D eigenvalue weighted by atomic mass is 10.3. The second-order valence-corrected chi connectivity index (χ2v) is 5.63. The summed E-state index contributed by atoms with van der Waals surface area (Å²) in [7, 11) is 0. The van der Waals surface area contributed by atoms with Gasteiger partial charge in [-0.3, -0.25) is 4.79 Å². The third kappa shape index (κ3) is 3.85. The third-order valence-corrected chi connectivity index (χ3v) is 4.07. The molecular weight excluding hydrogens is 282 g/mol. The summed E-state index contributed by atoms with van der Waals surface area (Å²) >= 11 is 0. The zero-order chi connectivity index (χ0) is 15.2. The second-order valence-electron chi connectivity index (χ2n) is 5.63. The van der Waals surface area contributed by atoms with Crippen LogP contribution < -0.4 is 10.2 Å². The van der Waals surface area contributed by atoms with Gasteiger partial charge in [-0.1, -0.05) is 0 Å². The number of nitrogens with zero attached hydrogens (tertiary/aromatic N) is 4. The van der Waals surface area contributed by atoms with Crippen LogP contribution >= 0.6 is 0 Å². The number of anilines is 2. The minimum Gasteiger partial charge on any atom is -0.378 e. The Bertz CT molecular complexity index is 504. The number of rotatable bonds is 6. The van der Waals surface area contributed by atoms with Gasteiger partial charge in [-0.05, 0) is 12.8 Å². The van der Waals surface area contributed by atoms with Crippen LogP contribution in [0.5, 0.6) is 0 Å². The van der Waals surface area contributed by atoms with Crippen molar-refractivity contribution in [3.05, 3.63) is 12.4 Å². The molecule has 0 aliphatic carbocycles. The van der Waals surface area contributed by atoms with Crippen LogP contribution in [0.25, 0.3) is 0 Å². The molecular formula is C15H23N5O2. The minimum atomic E-state index is 0.289. The summed E-state index contributed by atoms with van der Waals surface area (Å²) in [6, 6.07) is 1.98. The average Bonchev–Trinajstić information content (AvgIpc) is 2.98. The summed E-state index contributed by atoms with van der Waals surface area (Å²) in [5.74, 6) is 2.07. The van der Waals surface area contributed by atoms with E-state index in [1.807, 2.05) is 11.0 Å². The van der Waals surface area contributed by atoms with Gasteiger partial charge >= 0.3 is 0 Å². The van der Waals surface area contributed by atoms with Gasteiger partial charge in [-0.2, -0.15) is 0 Å². The quantitative estimate of drug-likeness (QED) is 0.782. The SMILES string of the molecule is O=C1CCCN1CCCNc1cc(N2CCOCC2)ncn1. The normalized spacial score (nSPS) is 18.8. The molecule has 7 nitrogen and oxygen atoms in total.